The van der Waals surface area contributed by atoms with Gasteiger partial charge in [-0.1, -0.05) is 6.07 Å². The number of ether oxygens (including phenoxy) is 1. The molecule has 1 saturated heterocycles. The predicted molar refractivity (Wildman–Crippen MR) is 87.5 cm³/mol. The summed E-state index contributed by atoms with van der Waals surface area (Å²) in [6.07, 6.45) is -5.97. The molecule has 1 aromatic rings. The van der Waals surface area contributed by atoms with E-state index in [9.17, 15) is 27.9 Å². The van der Waals surface area contributed by atoms with Gasteiger partial charge in [-0.2, -0.15) is 5.01 Å². The Balaban J connectivity index is 1.66. The molecule has 0 saturated carbocycles. The molecule has 2 N–H and O–H groups in total. The molecule has 0 bridgehead atoms. The van der Waals surface area contributed by atoms with E-state index in [0.717, 1.165) is 17.1 Å². The number of likely N-dealkylation sites (tertiary alicyclic amines) is 1. The normalized spacial score (nSPS) is 22.0. The number of aliphatic hydroxyl groups is 1. The monoisotopic (exact) mass is 402 g/mol. The van der Waals surface area contributed by atoms with Crippen LogP contribution in [0.25, 0.3) is 0 Å². The maximum atomic E-state index is 12.5. The van der Waals surface area contributed by atoms with Crippen molar-refractivity contribution >= 4 is 17.6 Å². The van der Waals surface area contributed by atoms with Gasteiger partial charge in [0.15, 0.2) is 0 Å². The lowest BCUT2D eigenvalue weighted by Crippen LogP contribution is -2.48. The minimum absolute atomic E-state index is 0.0471. The summed E-state index contributed by atoms with van der Waals surface area (Å²) < 4.78 is 40.9. The number of carbonyl (C=O) groups excluding carboxylic acids is 2. The van der Waals surface area contributed by atoms with Gasteiger partial charge in [0.1, 0.15) is 5.75 Å². The Bertz CT molecular complexity index is 789. The average Bonchev–Trinajstić information content (AvgIpc) is 3.19. The zero-order valence-electron chi connectivity index (χ0n) is 14.6. The minimum Gasteiger partial charge on any atom is -0.406 e. The number of nitrogens with zero attached hydrogens (tertiary/aromatic N) is 5. The van der Waals surface area contributed by atoms with Gasteiger partial charge in [0.05, 0.1) is 5.69 Å². The Labute approximate surface area is 157 Å². The van der Waals surface area contributed by atoms with Gasteiger partial charge in [-0.05, 0) is 29.0 Å². The van der Waals surface area contributed by atoms with Gasteiger partial charge in [-0.15, -0.1) is 18.2 Å². The number of hydrogen-bond donors (Lipinski definition) is 2. The van der Waals surface area contributed by atoms with Gasteiger partial charge < -0.3 is 20.1 Å². The van der Waals surface area contributed by atoms with Crippen LogP contribution in [0.2, 0.25) is 0 Å². The summed E-state index contributed by atoms with van der Waals surface area (Å²) in [5.41, 5.74) is 0.0471. The van der Waals surface area contributed by atoms with E-state index < -0.39 is 24.5 Å². The number of anilines is 1. The van der Waals surface area contributed by atoms with Crippen molar-refractivity contribution in [1.82, 2.24) is 15.2 Å². The Hall–Kier alpha value is -3.09. The number of urea groups is 1. The van der Waals surface area contributed by atoms with E-state index in [1.54, 1.807) is 0 Å². The molecule has 0 aliphatic carbocycles. The van der Waals surface area contributed by atoms with Crippen LogP contribution < -0.4 is 15.1 Å². The largest absolute Gasteiger partial charge is 0.573 e. The molecule has 2 aliphatic rings. The van der Waals surface area contributed by atoms with Crippen LogP contribution >= 0.6 is 0 Å². The first-order chi connectivity index (χ1) is 13.1. The molecule has 0 spiro atoms. The van der Waals surface area contributed by atoms with Crippen LogP contribution in [-0.4, -0.2) is 58.8 Å². The second-order valence-electron chi connectivity index (χ2n) is 6.17. The molecule has 2 aliphatic heterocycles. The molecule has 1 fully saturated rings. The summed E-state index contributed by atoms with van der Waals surface area (Å²) in [6.45, 7) is 1.96. The third-order valence-corrected chi connectivity index (χ3v) is 4.05. The first kappa shape index (κ1) is 19.7. The SMILES string of the molecule is CC(=O)NC1CCN(C(=O)N2N=NN(c3cccc(OC(F)(F)F)c3)C2O)C1. The van der Waals surface area contributed by atoms with Gasteiger partial charge in [-0.25, -0.2) is 4.79 Å². The highest BCUT2D eigenvalue weighted by Gasteiger charge is 2.39. The van der Waals surface area contributed by atoms with Crippen molar-refractivity contribution in [2.24, 2.45) is 10.4 Å². The number of alkyl halides is 3. The molecule has 10 nitrogen and oxygen atoms in total. The molecular formula is C15H17F3N6O4. The fourth-order valence-corrected chi connectivity index (χ4v) is 2.91. The summed E-state index contributed by atoms with van der Waals surface area (Å²) in [5, 5.41) is 21.9. The van der Waals surface area contributed by atoms with Crippen LogP contribution in [0.1, 0.15) is 13.3 Å². The molecule has 3 amide bonds. The molecule has 0 aromatic heterocycles. The maximum absolute atomic E-state index is 12.5. The number of aliphatic hydroxyl groups excluding tert-OH is 1. The van der Waals surface area contributed by atoms with Crippen molar-refractivity contribution in [3.8, 4) is 5.75 Å². The molecule has 1 aromatic carbocycles. The van der Waals surface area contributed by atoms with Crippen LogP contribution in [0, 0.1) is 0 Å². The number of carbonyl (C=O) groups is 2. The first-order valence-electron chi connectivity index (χ1n) is 8.24. The smallest absolute Gasteiger partial charge is 0.406 e. The number of nitrogens with one attached hydrogen (secondary N) is 1. The van der Waals surface area contributed by atoms with Gasteiger partial charge in [0, 0.05) is 32.1 Å². The molecule has 2 heterocycles. The lowest BCUT2D eigenvalue weighted by molar-refractivity contribution is -0.274. The second kappa shape index (κ2) is 7.50. The van der Waals surface area contributed by atoms with E-state index in [-0.39, 0.29) is 24.2 Å². The first-order valence-corrected chi connectivity index (χ1v) is 8.24. The van der Waals surface area contributed by atoms with E-state index in [0.29, 0.717) is 18.0 Å². The molecule has 2 atom stereocenters. The Morgan fingerprint density at radius 2 is 2.07 bits per heavy atom. The van der Waals surface area contributed by atoms with E-state index in [1.165, 1.54) is 24.0 Å². The standard InChI is InChI=1S/C15H17F3N6O4/c1-9(25)19-10-5-6-22(8-10)13(26)24-14(27)23(20-21-24)11-3-2-4-12(7-11)28-15(16,17)18/h2-4,7,10,14,27H,5-6,8H2,1H3,(H,19,25). The number of rotatable bonds is 3. The van der Waals surface area contributed by atoms with Crippen LogP contribution in [0.3, 0.4) is 0 Å². The summed E-state index contributed by atoms with van der Waals surface area (Å²) in [7, 11) is 0. The minimum atomic E-state index is -4.87. The van der Waals surface area contributed by atoms with E-state index in [2.05, 4.69) is 20.5 Å². The molecule has 28 heavy (non-hydrogen) atoms. The van der Waals surface area contributed by atoms with Crippen LogP contribution in [-0.2, 0) is 4.79 Å². The van der Waals surface area contributed by atoms with E-state index >= 15 is 0 Å². The summed E-state index contributed by atoms with van der Waals surface area (Å²) in [4.78, 5) is 25.0. The summed E-state index contributed by atoms with van der Waals surface area (Å²) in [6, 6.07) is 3.90. The Morgan fingerprint density at radius 3 is 2.75 bits per heavy atom. The lowest BCUT2D eigenvalue weighted by atomic mass is 10.3. The average molecular weight is 402 g/mol. The van der Waals surface area contributed by atoms with Crippen molar-refractivity contribution in [3.05, 3.63) is 24.3 Å². The molecule has 13 heteroatoms. The van der Waals surface area contributed by atoms with Crippen molar-refractivity contribution in [2.45, 2.75) is 32.1 Å². The number of hydrogen-bond acceptors (Lipinski definition) is 7. The number of halogens is 3. The van der Waals surface area contributed by atoms with Crippen LogP contribution in [0.5, 0.6) is 5.75 Å². The van der Waals surface area contributed by atoms with Crippen LogP contribution in [0.4, 0.5) is 23.7 Å². The van der Waals surface area contributed by atoms with Gasteiger partial charge in [0.2, 0.25) is 5.91 Å². The van der Waals surface area contributed by atoms with Gasteiger partial charge in [-0.3, -0.25) is 4.79 Å². The predicted octanol–water partition coefficient (Wildman–Crippen LogP) is 1.60. The number of amides is 3. The lowest BCUT2D eigenvalue weighted by Gasteiger charge is -2.26. The van der Waals surface area contributed by atoms with E-state index in [4.69, 9.17) is 0 Å². The van der Waals surface area contributed by atoms with Crippen molar-refractivity contribution < 1.29 is 32.6 Å². The molecule has 2 unspecified atom stereocenters. The molecular weight excluding hydrogens is 385 g/mol. The zero-order chi connectivity index (χ0) is 20.5. The highest BCUT2D eigenvalue weighted by Crippen LogP contribution is 2.30. The molecule has 152 valence electrons. The van der Waals surface area contributed by atoms with Crippen molar-refractivity contribution in [3.63, 3.8) is 0 Å². The van der Waals surface area contributed by atoms with Crippen LogP contribution in [0.15, 0.2) is 34.7 Å². The Morgan fingerprint density at radius 1 is 1.32 bits per heavy atom. The molecule has 0 radical (unpaired) electrons. The highest BCUT2D eigenvalue weighted by molar-refractivity contribution is 5.76. The second-order valence-corrected chi connectivity index (χ2v) is 6.17. The van der Waals surface area contributed by atoms with Crippen molar-refractivity contribution in [1.29, 1.82) is 0 Å². The van der Waals surface area contributed by atoms with Crippen molar-refractivity contribution in [2.75, 3.05) is 18.1 Å². The van der Waals surface area contributed by atoms with Gasteiger partial charge in [0.25, 0.3) is 6.35 Å². The molecule has 3 rings (SSSR count). The maximum Gasteiger partial charge on any atom is 0.573 e. The summed E-state index contributed by atoms with van der Waals surface area (Å²) in [5.74, 6) is -0.720. The fourth-order valence-electron chi connectivity index (χ4n) is 2.91. The summed E-state index contributed by atoms with van der Waals surface area (Å²) >= 11 is 0. The zero-order valence-corrected chi connectivity index (χ0v) is 14.6. The third-order valence-electron chi connectivity index (χ3n) is 4.05. The number of benzene rings is 1. The third kappa shape index (κ3) is 4.42. The van der Waals surface area contributed by atoms with E-state index in [1.807, 2.05) is 0 Å². The Kier molecular flexibility index (Phi) is 5.27. The highest BCUT2D eigenvalue weighted by atomic mass is 19.4. The topological polar surface area (TPSA) is 110 Å². The quantitative estimate of drug-likeness (QED) is 0.798. The fraction of sp³-hybridized carbons (Fsp3) is 0.467. The van der Waals surface area contributed by atoms with Gasteiger partial charge >= 0.3 is 12.4 Å².